The van der Waals surface area contributed by atoms with Crippen LogP contribution in [0, 0.1) is 32.6 Å². The van der Waals surface area contributed by atoms with Gasteiger partial charge in [0.2, 0.25) is 0 Å². The van der Waals surface area contributed by atoms with E-state index in [4.69, 9.17) is 4.42 Å². The third-order valence-electron chi connectivity index (χ3n) is 4.54. The highest BCUT2D eigenvalue weighted by Gasteiger charge is 2.30. The van der Waals surface area contributed by atoms with Crippen LogP contribution in [0.25, 0.3) is 0 Å². The third-order valence-corrected chi connectivity index (χ3v) is 4.54. The van der Waals surface area contributed by atoms with Gasteiger partial charge in [0.05, 0.1) is 5.56 Å². The Kier molecular flexibility index (Phi) is 3.94. The van der Waals surface area contributed by atoms with E-state index in [0.29, 0.717) is 5.78 Å². The fourth-order valence-electron chi connectivity index (χ4n) is 3.26. The van der Waals surface area contributed by atoms with Crippen LogP contribution in [0.1, 0.15) is 66.5 Å². The Bertz CT molecular complexity index is 442. The fourth-order valence-corrected chi connectivity index (χ4v) is 3.26. The summed E-state index contributed by atoms with van der Waals surface area (Å²) < 4.78 is 5.59. The summed E-state index contributed by atoms with van der Waals surface area (Å²) in [6, 6.07) is 0. The second kappa shape index (κ2) is 5.29. The first-order valence-corrected chi connectivity index (χ1v) is 7.15. The number of ketones is 1. The van der Waals surface area contributed by atoms with Gasteiger partial charge in [-0.25, -0.2) is 0 Å². The van der Waals surface area contributed by atoms with Crippen LogP contribution in [0.2, 0.25) is 0 Å². The summed E-state index contributed by atoms with van der Waals surface area (Å²) in [5, 5.41) is 0. The van der Waals surface area contributed by atoms with Crippen molar-refractivity contribution >= 4 is 5.78 Å². The van der Waals surface area contributed by atoms with E-state index in [1.165, 1.54) is 19.3 Å². The van der Waals surface area contributed by atoms with Crippen molar-refractivity contribution < 1.29 is 9.21 Å². The summed E-state index contributed by atoms with van der Waals surface area (Å²) in [5.74, 6) is 2.96. The lowest BCUT2D eigenvalue weighted by Gasteiger charge is -2.27. The van der Waals surface area contributed by atoms with Crippen molar-refractivity contribution in [3.05, 3.63) is 22.6 Å². The highest BCUT2D eigenvalue weighted by Crippen LogP contribution is 2.35. The molecule has 0 radical (unpaired) electrons. The molecule has 0 N–H and O–H groups in total. The molecule has 0 spiro atoms. The highest BCUT2D eigenvalue weighted by molar-refractivity contribution is 6.00. The van der Waals surface area contributed by atoms with Gasteiger partial charge in [-0.05, 0) is 39.5 Å². The lowest BCUT2D eigenvalue weighted by atomic mass is 9.76. The molecule has 2 heteroatoms. The average Bonchev–Trinajstić information content (AvgIpc) is 2.62. The molecule has 2 atom stereocenters. The van der Waals surface area contributed by atoms with Gasteiger partial charge in [-0.2, -0.15) is 0 Å². The summed E-state index contributed by atoms with van der Waals surface area (Å²) in [6.45, 7) is 8.08. The van der Waals surface area contributed by atoms with E-state index < -0.39 is 0 Å². The fraction of sp³-hybridized carbons (Fsp3) is 0.688. The SMILES string of the molecule is CCC1CCCC(C(=O)c2c(C)oc(C)c2C)C1. The standard InChI is InChI=1S/C16H24O2/c1-5-13-7-6-8-14(9-13)16(17)15-10(2)11(3)18-12(15)4/h13-14H,5-9H2,1-4H3. The van der Waals surface area contributed by atoms with Crippen LogP contribution in [0.4, 0.5) is 0 Å². The molecule has 1 aromatic rings. The quantitative estimate of drug-likeness (QED) is 0.731. The van der Waals surface area contributed by atoms with Crippen molar-refractivity contribution in [2.45, 2.75) is 59.8 Å². The molecule has 1 fully saturated rings. The maximum Gasteiger partial charge on any atom is 0.169 e. The number of furan rings is 1. The van der Waals surface area contributed by atoms with Crippen molar-refractivity contribution in [3.63, 3.8) is 0 Å². The lowest BCUT2D eigenvalue weighted by molar-refractivity contribution is 0.0860. The number of carbonyl (C=O) groups is 1. The normalized spacial score (nSPS) is 24.2. The molecule has 2 nitrogen and oxygen atoms in total. The van der Waals surface area contributed by atoms with E-state index in [1.807, 2.05) is 20.8 Å². The maximum atomic E-state index is 12.7. The van der Waals surface area contributed by atoms with Crippen LogP contribution in [0.3, 0.4) is 0 Å². The Hall–Kier alpha value is -1.05. The van der Waals surface area contributed by atoms with Crippen LogP contribution in [0.15, 0.2) is 4.42 Å². The molecule has 1 aliphatic rings. The molecule has 1 saturated carbocycles. The molecule has 1 heterocycles. The van der Waals surface area contributed by atoms with E-state index >= 15 is 0 Å². The molecule has 1 aliphatic carbocycles. The Morgan fingerprint density at radius 3 is 2.50 bits per heavy atom. The number of hydrogen-bond donors (Lipinski definition) is 0. The monoisotopic (exact) mass is 248 g/mol. The zero-order chi connectivity index (χ0) is 13.3. The molecule has 18 heavy (non-hydrogen) atoms. The predicted molar refractivity (Wildman–Crippen MR) is 73.0 cm³/mol. The first-order chi connectivity index (χ1) is 8.54. The van der Waals surface area contributed by atoms with E-state index in [2.05, 4.69) is 6.92 Å². The molecule has 100 valence electrons. The van der Waals surface area contributed by atoms with Gasteiger partial charge in [0.1, 0.15) is 11.5 Å². The number of rotatable bonds is 3. The van der Waals surface area contributed by atoms with Gasteiger partial charge in [0.25, 0.3) is 0 Å². The van der Waals surface area contributed by atoms with Gasteiger partial charge >= 0.3 is 0 Å². The third kappa shape index (κ3) is 2.38. The van der Waals surface area contributed by atoms with Crippen LogP contribution < -0.4 is 0 Å². The minimum absolute atomic E-state index is 0.220. The van der Waals surface area contributed by atoms with Crippen molar-refractivity contribution in [3.8, 4) is 0 Å². The molecule has 0 amide bonds. The molecule has 0 bridgehead atoms. The summed E-state index contributed by atoms with van der Waals surface area (Å²) in [6.07, 6.45) is 5.82. The Morgan fingerprint density at radius 1 is 1.22 bits per heavy atom. The lowest BCUT2D eigenvalue weighted by Crippen LogP contribution is -2.23. The number of carbonyl (C=O) groups excluding carboxylic acids is 1. The number of hydrogen-bond acceptors (Lipinski definition) is 2. The molecule has 0 saturated heterocycles. The zero-order valence-electron chi connectivity index (χ0n) is 12.0. The van der Waals surface area contributed by atoms with Gasteiger partial charge in [0.15, 0.2) is 5.78 Å². The molecule has 2 unspecified atom stereocenters. The van der Waals surface area contributed by atoms with Crippen LogP contribution >= 0.6 is 0 Å². The zero-order valence-corrected chi connectivity index (χ0v) is 12.0. The highest BCUT2D eigenvalue weighted by atomic mass is 16.3. The first kappa shape index (κ1) is 13.4. The summed E-state index contributed by atoms with van der Waals surface area (Å²) >= 11 is 0. The summed E-state index contributed by atoms with van der Waals surface area (Å²) in [5.41, 5.74) is 1.89. The minimum atomic E-state index is 0.220. The second-order valence-electron chi connectivity index (χ2n) is 5.72. The molecular weight excluding hydrogens is 224 g/mol. The van der Waals surface area contributed by atoms with Crippen molar-refractivity contribution in [1.29, 1.82) is 0 Å². The molecular formula is C16H24O2. The van der Waals surface area contributed by atoms with E-state index in [1.54, 1.807) is 0 Å². The van der Waals surface area contributed by atoms with Crippen molar-refractivity contribution in [2.24, 2.45) is 11.8 Å². The Labute approximate surface area is 110 Å². The summed E-state index contributed by atoms with van der Waals surface area (Å²) in [4.78, 5) is 12.7. The van der Waals surface area contributed by atoms with Crippen LogP contribution in [0.5, 0.6) is 0 Å². The number of aryl methyl sites for hydroxylation is 2. The largest absolute Gasteiger partial charge is 0.466 e. The second-order valence-corrected chi connectivity index (χ2v) is 5.72. The Balaban J connectivity index is 2.20. The molecule has 0 aromatic carbocycles. The molecule has 0 aliphatic heterocycles. The average molecular weight is 248 g/mol. The molecule has 2 rings (SSSR count). The minimum Gasteiger partial charge on any atom is -0.466 e. The Morgan fingerprint density at radius 2 is 1.94 bits per heavy atom. The van der Waals surface area contributed by atoms with Gasteiger partial charge in [0, 0.05) is 11.5 Å². The van der Waals surface area contributed by atoms with Gasteiger partial charge in [-0.15, -0.1) is 0 Å². The van der Waals surface area contributed by atoms with Gasteiger partial charge < -0.3 is 4.42 Å². The van der Waals surface area contributed by atoms with E-state index in [9.17, 15) is 4.79 Å². The maximum absolute atomic E-state index is 12.7. The van der Waals surface area contributed by atoms with Crippen LogP contribution in [-0.2, 0) is 0 Å². The van der Waals surface area contributed by atoms with Crippen LogP contribution in [-0.4, -0.2) is 5.78 Å². The van der Waals surface area contributed by atoms with Crippen molar-refractivity contribution in [1.82, 2.24) is 0 Å². The van der Waals surface area contributed by atoms with E-state index in [0.717, 1.165) is 41.4 Å². The van der Waals surface area contributed by atoms with Gasteiger partial charge in [-0.3, -0.25) is 4.79 Å². The van der Waals surface area contributed by atoms with Crippen molar-refractivity contribution in [2.75, 3.05) is 0 Å². The predicted octanol–water partition coefficient (Wildman–Crippen LogP) is 4.60. The smallest absolute Gasteiger partial charge is 0.169 e. The first-order valence-electron chi connectivity index (χ1n) is 7.15. The van der Waals surface area contributed by atoms with Gasteiger partial charge in [-0.1, -0.05) is 26.2 Å². The topological polar surface area (TPSA) is 30.2 Å². The molecule has 1 aromatic heterocycles. The summed E-state index contributed by atoms with van der Waals surface area (Å²) in [7, 11) is 0. The number of Topliss-reactive ketones (excluding diaryl/α,β-unsaturated/α-hetero) is 1. The van der Waals surface area contributed by atoms with E-state index in [-0.39, 0.29) is 5.92 Å².